The molecule has 1 amide bonds. The molecule has 0 aliphatic rings. The van der Waals surface area contributed by atoms with Gasteiger partial charge < -0.3 is 15.6 Å². The molecule has 0 spiro atoms. The van der Waals surface area contributed by atoms with Gasteiger partial charge in [0.15, 0.2) is 0 Å². The standard InChI is InChI=1S/C11H12N4O2/c1-6-3-4-8(12)7(5-6)11-14-9(15-17-11)10(16)13-2/h3-5H,12H2,1-2H3,(H,13,16). The molecular formula is C11H12N4O2. The molecule has 2 aromatic rings. The first-order chi connectivity index (χ1) is 8.11. The van der Waals surface area contributed by atoms with Gasteiger partial charge in [0, 0.05) is 12.7 Å². The van der Waals surface area contributed by atoms with Crippen LogP contribution in [0.3, 0.4) is 0 Å². The number of nitrogens with two attached hydrogens (primary N) is 1. The summed E-state index contributed by atoms with van der Waals surface area (Å²) in [6, 6.07) is 5.47. The Labute approximate surface area is 97.8 Å². The Kier molecular flexibility index (Phi) is 2.78. The van der Waals surface area contributed by atoms with Gasteiger partial charge >= 0.3 is 0 Å². The summed E-state index contributed by atoms with van der Waals surface area (Å²) in [6.45, 7) is 1.93. The lowest BCUT2D eigenvalue weighted by atomic mass is 10.1. The molecule has 88 valence electrons. The second kappa shape index (κ2) is 4.25. The zero-order valence-corrected chi connectivity index (χ0v) is 9.52. The molecule has 0 aliphatic heterocycles. The first kappa shape index (κ1) is 11.1. The number of aromatic nitrogens is 2. The second-order valence-corrected chi connectivity index (χ2v) is 3.59. The number of amides is 1. The molecule has 0 aliphatic carbocycles. The van der Waals surface area contributed by atoms with Crippen molar-refractivity contribution in [3.63, 3.8) is 0 Å². The maximum absolute atomic E-state index is 11.3. The molecule has 6 heteroatoms. The highest BCUT2D eigenvalue weighted by Crippen LogP contribution is 2.25. The fourth-order valence-corrected chi connectivity index (χ4v) is 1.39. The maximum Gasteiger partial charge on any atom is 0.292 e. The van der Waals surface area contributed by atoms with Crippen LogP contribution in [-0.4, -0.2) is 23.1 Å². The van der Waals surface area contributed by atoms with E-state index in [2.05, 4.69) is 15.5 Å². The second-order valence-electron chi connectivity index (χ2n) is 3.59. The zero-order chi connectivity index (χ0) is 12.4. The van der Waals surface area contributed by atoms with Crippen molar-refractivity contribution in [2.45, 2.75) is 6.92 Å². The van der Waals surface area contributed by atoms with Crippen molar-refractivity contribution in [3.8, 4) is 11.5 Å². The van der Waals surface area contributed by atoms with Crippen LogP contribution in [0.4, 0.5) is 5.69 Å². The fraction of sp³-hybridized carbons (Fsp3) is 0.182. The van der Waals surface area contributed by atoms with Crippen molar-refractivity contribution in [2.75, 3.05) is 12.8 Å². The molecule has 1 heterocycles. The van der Waals surface area contributed by atoms with E-state index in [0.717, 1.165) is 5.56 Å². The number of aryl methyl sites for hydroxylation is 1. The van der Waals surface area contributed by atoms with E-state index in [1.54, 1.807) is 6.07 Å². The third-order valence-corrected chi connectivity index (χ3v) is 2.30. The van der Waals surface area contributed by atoms with Crippen molar-refractivity contribution in [2.24, 2.45) is 0 Å². The average molecular weight is 232 g/mol. The van der Waals surface area contributed by atoms with Crippen LogP contribution < -0.4 is 11.1 Å². The Morgan fingerprint density at radius 1 is 1.47 bits per heavy atom. The summed E-state index contributed by atoms with van der Waals surface area (Å²) in [7, 11) is 1.50. The summed E-state index contributed by atoms with van der Waals surface area (Å²) in [5.74, 6) is -0.167. The Bertz CT molecular complexity index is 562. The number of nitrogens with one attached hydrogen (secondary N) is 1. The minimum absolute atomic E-state index is 0.0107. The van der Waals surface area contributed by atoms with E-state index in [1.807, 2.05) is 19.1 Å². The van der Waals surface area contributed by atoms with E-state index in [0.29, 0.717) is 11.3 Å². The molecule has 0 fully saturated rings. The lowest BCUT2D eigenvalue weighted by Gasteiger charge is -2.01. The molecule has 3 N–H and O–H groups in total. The van der Waals surface area contributed by atoms with Crippen LogP contribution in [0.25, 0.3) is 11.5 Å². The first-order valence-corrected chi connectivity index (χ1v) is 5.04. The van der Waals surface area contributed by atoms with E-state index in [-0.39, 0.29) is 11.7 Å². The van der Waals surface area contributed by atoms with Gasteiger partial charge in [-0.2, -0.15) is 4.98 Å². The van der Waals surface area contributed by atoms with Crippen molar-refractivity contribution in [1.82, 2.24) is 15.5 Å². The number of rotatable bonds is 2. The molecule has 1 aromatic heterocycles. The minimum Gasteiger partial charge on any atom is -0.398 e. The Hall–Kier alpha value is -2.37. The molecule has 0 saturated carbocycles. The number of anilines is 1. The van der Waals surface area contributed by atoms with Gasteiger partial charge in [-0.25, -0.2) is 0 Å². The summed E-state index contributed by atoms with van der Waals surface area (Å²) >= 11 is 0. The van der Waals surface area contributed by atoms with Crippen molar-refractivity contribution >= 4 is 11.6 Å². The SMILES string of the molecule is CNC(=O)c1noc(-c2cc(C)ccc2N)n1. The highest BCUT2D eigenvalue weighted by Gasteiger charge is 2.15. The summed E-state index contributed by atoms with van der Waals surface area (Å²) in [6.07, 6.45) is 0. The van der Waals surface area contributed by atoms with Crippen LogP contribution in [0.1, 0.15) is 16.2 Å². The Morgan fingerprint density at radius 3 is 2.94 bits per heavy atom. The summed E-state index contributed by atoms with van der Waals surface area (Å²) in [5, 5.41) is 6.00. The van der Waals surface area contributed by atoms with E-state index in [1.165, 1.54) is 7.05 Å². The third kappa shape index (κ3) is 2.10. The molecule has 0 bridgehead atoms. The molecular weight excluding hydrogens is 220 g/mol. The van der Waals surface area contributed by atoms with E-state index in [9.17, 15) is 4.79 Å². The topological polar surface area (TPSA) is 94.0 Å². The molecule has 2 rings (SSSR count). The average Bonchev–Trinajstić information content (AvgIpc) is 2.80. The van der Waals surface area contributed by atoms with E-state index >= 15 is 0 Å². The van der Waals surface area contributed by atoms with Gasteiger partial charge in [-0.3, -0.25) is 4.79 Å². The van der Waals surface area contributed by atoms with Gasteiger partial charge in [0.2, 0.25) is 0 Å². The highest BCUT2D eigenvalue weighted by molar-refractivity contribution is 5.90. The van der Waals surface area contributed by atoms with Gasteiger partial charge in [-0.1, -0.05) is 16.8 Å². The summed E-state index contributed by atoms with van der Waals surface area (Å²) in [5.41, 5.74) is 8.00. The number of nitrogen functional groups attached to an aromatic ring is 1. The van der Waals surface area contributed by atoms with Crippen molar-refractivity contribution < 1.29 is 9.32 Å². The van der Waals surface area contributed by atoms with Crippen LogP contribution in [-0.2, 0) is 0 Å². The van der Waals surface area contributed by atoms with Gasteiger partial charge in [0.05, 0.1) is 5.56 Å². The minimum atomic E-state index is -0.397. The Balaban J connectivity index is 2.43. The van der Waals surface area contributed by atoms with E-state index in [4.69, 9.17) is 10.3 Å². The Morgan fingerprint density at radius 2 is 2.24 bits per heavy atom. The van der Waals surface area contributed by atoms with Gasteiger partial charge in [0.25, 0.3) is 17.6 Å². The largest absolute Gasteiger partial charge is 0.398 e. The van der Waals surface area contributed by atoms with Crippen LogP contribution in [0.15, 0.2) is 22.7 Å². The molecule has 0 radical (unpaired) electrons. The predicted molar refractivity (Wildman–Crippen MR) is 62.3 cm³/mol. The van der Waals surface area contributed by atoms with Gasteiger partial charge in [-0.15, -0.1) is 0 Å². The normalized spacial score (nSPS) is 10.2. The van der Waals surface area contributed by atoms with Crippen LogP contribution in [0.2, 0.25) is 0 Å². The highest BCUT2D eigenvalue weighted by atomic mass is 16.5. The first-order valence-electron chi connectivity index (χ1n) is 5.04. The molecule has 0 saturated heterocycles. The van der Waals surface area contributed by atoms with Gasteiger partial charge in [-0.05, 0) is 19.1 Å². The zero-order valence-electron chi connectivity index (χ0n) is 9.52. The van der Waals surface area contributed by atoms with Crippen LogP contribution in [0.5, 0.6) is 0 Å². The number of carbonyl (C=O) groups excluding carboxylic acids is 1. The molecule has 6 nitrogen and oxygen atoms in total. The lowest BCUT2D eigenvalue weighted by molar-refractivity contribution is 0.0950. The fourth-order valence-electron chi connectivity index (χ4n) is 1.39. The maximum atomic E-state index is 11.3. The smallest absolute Gasteiger partial charge is 0.292 e. The molecule has 0 unspecified atom stereocenters. The quantitative estimate of drug-likeness (QED) is 0.753. The van der Waals surface area contributed by atoms with Crippen molar-refractivity contribution in [3.05, 3.63) is 29.6 Å². The van der Waals surface area contributed by atoms with E-state index < -0.39 is 5.91 Å². The van der Waals surface area contributed by atoms with Gasteiger partial charge in [0.1, 0.15) is 0 Å². The number of nitrogens with zero attached hydrogens (tertiary/aromatic N) is 2. The van der Waals surface area contributed by atoms with Crippen LogP contribution in [0, 0.1) is 6.92 Å². The number of carbonyl (C=O) groups is 1. The number of benzene rings is 1. The predicted octanol–water partition coefficient (Wildman–Crippen LogP) is 0.987. The third-order valence-electron chi connectivity index (χ3n) is 2.30. The van der Waals surface area contributed by atoms with Crippen LogP contribution >= 0.6 is 0 Å². The molecule has 0 atom stereocenters. The monoisotopic (exact) mass is 232 g/mol. The van der Waals surface area contributed by atoms with Crippen molar-refractivity contribution in [1.29, 1.82) is 0 Å². The summed E-state index contributed by atoms with van der Waals surface area (Å²) < 4.78 is 5.01. The molecule has 1 aromatic carbocycles. The summed E-state index contributed by atoms with van der Waals surface area (Å²) in [4.78, 5) is 15.3. The molecule has 17 heavy (non-hydrogen) atoms. The lowest BCUT2D eigenvalue weighted by Crippen LogP contribution is -2.19. The number of hydrogen-bond acceptors (Lipinski definition) is 5. The number of hydrogen-bond donors (Lipinski definition) is 2.